The second kappa shape index (κ2) is 19.0. The smallest absolute Gasteiger partial charge is 0.344 e. The van der Waals surface area contributed by atoms with Crippen molar-refractivity contribution in [1.29, 1.82) is 0 Å². The molecule has 0 spiro atoms. The summed E-state index contributed by atoms with van der Waals surface area (Å²) in [5, 5.41) is 24.5. The summed E-state index contributed by atoms with van der Waals surface area (Å²) < 4.78 is 4.34. The predicted octanol–water partition coefficient (Wildman–Crippen LogP) is 7.69. The first kappa shape index (κ1) is 42.1. The van der Waals surface area contributed by atoms with Gasteiger partial charge in [0.05, 0.1) is 9.49 Å². The number of carbonyl (C=O) groups excluding carboxylic acids is 2. The van der Waals surface area contributed by atoms with Crippen LogP contribution in [0.2, 0.25) is 0 Å². The Kier molecular flexibility index (Phi) is 15.7. The quantitative estimate of drug-likeness (QED) is 0.130. The number of phenols is 1. The van der Waals surface area contributed by atoms with Crippen LogP contribution in [0.25, 0.3) is 0 Å². The van der Waals surface area contributed by atoms with E-state index in [1.807, 2.05) is 27.7 Å². The van der Waals surface area contributed by atoms with Crippen molar-refractivity contribution < 1.29 is 29.3 Å². The summed E-state index contributed by atoms with van der Waals surface area (Å²) >= 11 is 3.33. The Morgan fingerprint density at radius 3 is 1.47 bits per heavy atom. The summed E-state index contributed by atoms with van der Waals surface area (Å²) in [6.45, 7) is 19.1. The number of rotatable bonds is 13. The van der Waals surface area contributed by atoms with Gasteiger partial charge in [0.2, 0.25) is 0 Å². The fraction of sp³-hybridized carbons (Fsp3) is 0.488. The van der Waals surface area contributed by atoms with Crippen molar-refractivity contribution >= 4 is 41.1 Å². The van der Waals surface area contributed by atoms with Crippen molar-refractivity contribution in [2.75, 3.05) is 13.1 Å². The van der Waals surface area contributed by atoms with Crippen LogP contribution in [0.1, 0.15) is 84.6 Å². The zero-order chi connectivity index (χ0) is 37.9. The maximum absolute atomic E-state index is 11.6. The van der Waals surface area contributed by atoms with Crippen LogP contribution in [0, 0.1) is 0 Å². The molecule has 10 heteroatoms. The molecule has 51 heavy (non-hydrogen) atoms. The van der Waals surface area contributed by atoms with Crippen molar-refractivity contribution in [3.63, 3.8) is 0 Å². The third kappa shape index (κ3) is 13.0. The molecule has 3 aromatic rings. The second-order valence-electron chi connectivity index (χ2n) is 14.1. The molecule has 8 nitrogen and oxygen atoms in total. The number of likely N-dealkylation sites (N-methyl/N-ethyl adjacent to an activating group) is 2. The van der Waals surface area contributed by atoms with Gasteiger partial charge in [-0.2, -0.15) is 0 Å². The Hall–Kier alpha value is -3.31. The molecule has 0 aliphatic heterocycles. The molecule has 3 atom stereocenters. The fourth-order valence-electron chi connectivity index (χ4n) is 5.69. The summed E-state index contributed by atoms with van der Waals surface area (Å²) in [6, 6.07) is 20.4. The number of benzene rings is 3. The minimum atomic E-state index is -1.02. The number of hydrogen-bond acceptors (Lipinski definition) is 9. The third-order valence-electron chi connectivity index (χ3n) is 9.15. The Labute approximate surface area is 312 Å². The summed E-state index contributed by atoms with van der Waals surface area (Å²) in [5.74, 6) is -0.0249. The van der Waals surface area contributed by atoms with E-state index in [4.69, 9.17) is 14.9 Å². The molecule has 0 unspecified atom stereocenters. The molecular formula is C41H56N2O6S2. The number of aromatic hydroxyl groups is 1. The van der Waals surface area contributed by atoms with Gasteiger partial charge in [-0.3, -0.25) is 9.59 Å². The van der Waals surface area contributed by atoms with Gasteiger partial charge in [-0.15, -0.1) is 23.5 Å². The number of hydrogen-bond donors (Lipinski definition) is 4. The first-order valence-electron chi connectivity index (χ1n) is 17.7. The number of phenolic OH excluding ortho intramolecular Hbond substituents is 1. The molecule has 0 heterocycles. The average Bonchev–Trinajstić information content (AvgIpc) is 3.65. The van der Waals surface area contributed by atoms with Crippen LogP contribution in [-0.2, 0) is 40.1 Å². The Bertz CT molecular complexity index is 1550. The number of thioether (sulfide) groups is 2. The number of fused-ring (bicyclic) bond motifs is 2. The Morgan fingerprint density at radius 2 is 1.12 bits per heavy atom. The molecule has 0 bridgehead atoms. The van der Waals surface area contributed by atoms with Gasteiger partial charge in [0, 0.05) is 21.9 Å². The van der Waals surface area contributed by atoms with E-state index < -0.39 is 12.1 Å². The first-order chi connectivity index (χ1) is 23.9. The molecule has 2 aliphatic rings. The number of aliphatic carboxylic acids is 1. The highest BCUT2D eigenvalue weighted by Crippen LogP contribution is 2.37. The molecule has 278 valence electrons. The van der Waals surface area contributed by atoms with Crippen molar-refractivity contribution in [1.82, 2.24) is 10.6 Å². The molecule has 0 aromatic heterocycles. The van der Waals surface area contributed by atoms with Gasteiger partial charge in [-0.25, -0.2) is 4.79 Å². The van der Waals surface area contributed by atoms with Gasteiger partial charge < -0.3 is 25.6 Å². The topological polar surface area (TPSA) is 125 Å². The summed E-state index contributed by atoms with van der Waals surface area (Å²) in [4.78, 5) is 36.0. The zero-order valence-electron chi connectivity index (χ0n) is 31.6. The molecule has 0 radical (unpaired) electrons. The van der Waals surface area contributed by atoms with Crippen LogP contribution in [-0.4, -0.2) is 68.5 Å². The van der Waals surface area contributed by atoms with E-state index in [0.717, 1.165) is 38.8 Å². The molecule has 5 rings (SSSR count). The predicted molar refractivity (Wildman–Crippen MR) is 210 cm³/mol. The van der Waals surface area contributed by atoms with E-state index in [1.165, 1.54) is 63.2 Å². The van der Waals surface area contributed by atoms with Gasteiger partial charge in [0.15, 0.2) is 6.10 Å². The maximum Gasteiger partial charge on any atom is 0.344 e. The SMILES string of the molecule is CCN[C@@H]1Cc2ccc(SC(C)(C)C(C)=O)cc2C1.CCN[C@@H]1Cc2ccc(SC(C)(C)C(C)=O)cc2C1.C[C@@H](Oc1ccc(O)cc1)C(=O)O. The van der Waals surface area contributed by atoms with Crippen molar-refractivity contribution in [2.45, 2.75) is 125 Å². The van der Waals surface area contributed by atoms with E-state index >= 15 is 0 Å². The Balaban J connectivity index is 0.000000211. The lowest BCUT2D eigenvalue weighted by molar-refractivity contribution is -0.144. The van der Waals surface area contributed by atoms with Gasteiger partial charge >= 0.3 is 5.97 Å². The molecule has 4 N–H and O–H groups in total. The number of Topliss-reactive ketones (excluding diaryl/α,β-unsaturated/α-hetero) is 2. The monoisotopic (exact) mass is 736 g/mol. The summed E-state index contributed by atoms with van der Waals surface area (Å²) in [7, 11) is 0. The Morgan fingerprint density at radius 1 is 0.725 bits per heavy atom. The number of ether oxygens (including phenoxy) is 1. The number of carbonyl (C=O) groups is 3. The fourth-order valence-corrected chi connectivity index (χ4v) is 7.83. The van der Waals surface area contributed by atoms with Gasteiger partial charge in [-0.1, -0.05) is 26.0 Å². The number of carboxylic acid groups (broad SMARTS) is 1. The zero-order valence-corrected chi connectivity index (χ0v) is 33.2. The van der Waals surface area contributed by atoms with Crippen LogP contribution in [0.15, 0.2) is 70.5 Å². The molecule has 0 saturated carbocycles. The van der Waals surface area contributed by atoms with Crippen LogP contribution in [0.5, 0.6) is 11.5 Å². The van der Waals surface area contributed by atoms with Crippen molar-refractivity contribution in [2.24, 2.45) is 0 Å². The van der Waals surface area contributed by atoms with Gasteiger partial charge in [0.1, 0.15) is 23.1 Å². The van der Waals surface area contributed by atoms with Crippen molar-refractivity contribution in [3.05, 3.63) is 82.9 Å². The first-order valence-corrected chi connectivity index (χ1v) is 19.4. The highest BCUT2D eigenvalue weighted by molar-refractivity contribution is 8.01. The van der Waals surface area contributed by atoms with Gasteiger partial charge in [0.25, 0.3) is 0 Å². The van der Waals surface area contributed by atoms with Crippen LogP contribution >= 0.6 is 23.5 Å². The minimum Gasteiger partial charge on any atom is -0.508 e. The molecule has 0 fully saturated rings. The highest BCUT2D eigenvalue weighted by Gasteiger charge is 2.28. The molecule has 2 aliphatic carbocycles. The lowest BCUT2D eigenvalue weighted by atomic mass is 10.1. The van der Waals surface area contributed by atoms with Crippen LogP contribution in [0.4, 0.5) is 0 Å². The standard InChI is InChI=1S/2C16H23NOS.C9H10O4/c2*1-5-17-14-8-12-6-7-15(10-13(12)9-14)19-16(3,4)11(2)18;1-6(9(11)12)13-8-4-2-7(10)3-5-8/h2*6-7,10,14,17H,5,8-9H2,1-4H3;2-6,10H,1H3,(H,11,12)/t2*14-;6-/m111/s1. The average molecular weight is 737 g/mol. The normalized spacial score (nSPS) is 16.8. The van der Waals surface area contributed by atoms with E-state index in [2.05, 4.69) is 60.9 Å². The van der Waals surface area contributed by atoms with E-state index in [-0.39, 0.29) is 26.8 Å². The number of ketones is 2. The maximum atomic E-state index is 11.6. The molecule has 0 saturated heterocycles. The largest absolute Gasteiger partial charge is 0.508 e. The third-order valence-corrected chi connectivity index (χ3v) is 11.7. The van der Waals surface area contributed by atoms with E-state index in [9.17, 15) is 14.4 Å². The second-order valence-corrected chi connectivity index (χ2v) is 17.5. The van der Waals surface area contributed by atoms with E-state index in [0.29, 0.717) is 17.8 Å². The lowest BCUT2D eigenvalue weighted by Gasteiger charge is -2.20. The van der Waals surface area contributed by atoms with Gasteiger partial charge in [-0.05, 0) is 158 Å². The number of carboxylic acids is 1. The lowest BCUT2D eigenvalue weighted by Crippen LogP contribution is -2.28. The minimum absolute atomic E-state index is 0.121. The van der Waals surface area contributed by atoms with Crippen molar-refractivity contribution in [3.8, 4) is 11.5 Å². The summed E-state index contributed by atoms with van der Waals surface area (Å²) in [6.07, 6.45) is 3.59. The summed E-state index contributed by atoms with van der Waals surface area (Å²) in [5.41, 5.74) is 5.79. The van der Waals surface area contributed by atoms with Crippen LogP contribution < -0.4 is 15.4 Å². The molecule has 3 aromatic carbocycles. The highest BCUT2D eigenvalue weighted by atomic mass is 32.2. The van der Waals surface area contributed by atoms with Crippen LogP contribution in [0.3, 0.4) is 0 Å². The molecular weight excluding hydrogens is 681 g/mol. The number of nitrogens with one attached hydrogen (secondary N) is 2. The molecule has 0 amide bonds. The van der Waals surface area contributed by atoms with E-state index in [1.54, 1.807) is 37.4 Å².